The van der Waals surface area contributed by atoms with Gasteiger partial charge in [-0.25, -0.2) is 0 Å². The Kier molecular flexibility index (Phi) is 3.56. The molecule has 2 aromatic rings. The number of nitrogens with zero attached hydrogens (tertiary/aromatic N) is 1. The first-order valence-corrected chi connectivity index (χ1v) is 6.99. The van der Waals surface area contributed by atoms with Crippen LogP contribution in [0, 0.1) is 0 Å². The summed E-state index contributed by atoms with van der Waals surface area (Å²) in [6.07, 6.45) is 8.72. The summed E-state index contributed by atoms with van der Waals surface area (Å²) in [5.74, 6) is 0. The molecule has 2 nitrogen and oxygen atoms in total. The van der Waals surface area contributed by atoms with Gasteiger partial charge in [0.2, 0.25) is 0 Å². The molecular formula is C16H20N2. The van der Waals surface area contributed by atoms with E-state index in [1.165, 1.54) is 48.6 Å². The van der Waals surface area contributed by atoms with E-state index in [9.17, 15) is 0 Å². The van der Waals surface area contributed by atoms with Crippen LogP contribution in [0.5, 0.6) is 0 Å². The number of fused-ring (bicyclic) bond motifs is 1. The van der Waals surface area contributed by atoms with Gasteiger partial charge in [-0.1, -0.05) is 43.5 Å². The van der Waals surface area contributed by atoms with Crippen molar-refractivity contribution in [3.05, 3.63) is 42.2 Å². The lowest BCUT2D eigenvalue weighted by Crippen LogP contribution is -2.30. The van der Waals surface area contributed by atoms with E-state index in [0.717, 1.165) is 6.54 Å². The fourth-order valence-corrected chi connectivity index (χ4v) is 2.87. The van der Waals surface area contributed by atoms with E-state index in [-0.39, 0.29) is 0 Å². The number of nitrogens with one attached hydrogen (secondary N) is 1. The molecule has 0 amide bonds. The average molecular weight is 240 g/mol. The first-order chi connectivity index (χ1) is 8.93. The minimum absolute atomic E-state index is 0.694. The first kappa shape index (κ1) is 11.7. The minimum Gasteiger partial charge on any atom is -0.308 e. The van der Waals surface area contributed by atoms with Gasteiger partial charge in [-0.05, 0) is 24.3 Å². The van der Waals surface area contributed by atoms with E-state index < -0.39 is 0 Å². The van der Waals surface area contributed by atoms with Crippen LogP contribution in [0.3, 0.4) is 0 Å². The Morgan fingerprint density at radius 3 is 2.78 bits per heavy atom. The first-order valence-electron chi connectivity index (χ1n) is 6.99. The van der Waals surface area contributed by atoms with Crippen LogP contribution >= 0.6 is 0 Å². The molecule has 0 spiro atoms. The summed E-state index contributed by atoms with van der Waals surface area (Å²) in [5.41, 5.74) is 1.18. The molecule has 18 heavy (non-hydrogen) atoms. The zero-order chi connectivity index (χ0) is 12.2. The molecule has 94 valence electrons. The summed E-state index contributed by atoms with van der Waals surface area (Å²) in [7, 11) is 0. The molecule has 1 aliphatic carbocycles. The molecule has 1 fully saturated rings. The Balaban J connectivity index is 1.74. The van der Waals surface area contributed by atoms with Gasteiger partial charge in [0.1, 0.15) is 0 Å². The molecule has 1 aliphatic rings. The molecule has 1 aromatic carbocycles. The summed E-state index contributed by atoms with van der Waals surface area (Å²) in [6.45, 7) is 0.895. The average Bonchev–Trinajstić information content (AvgIpc) is 2.46. The maximum Gasteiger partial charge on any atom is 0.0619 e. The van der Waals surface area contributed by atoms with Crippen molar-refractivity contribution in [1.29, 1.82) is 0 Å². The van der Waals surface area contributed by atoms with E-state index in [0.29, 0.717) is 6.04 Å². The van der Waals surface area contributed by atoms with Crippen LogP contribution in [-0.2, 0) is 6.54 Å². The van der Waals surface area contributed by atoms with Crippen LogP contribution in [0.4, 0.5) is 0 Å². The molecule has 0 unspecified atom stereocenters. The molecule has 0 saturated heterocycles. The molecule has 0 aliphatic heterocycles. The third-order valence-electron chi connectivity index (χ3n) is 3.92. The van der Waals surface area contributed by atoms with Crippen molar-refractivity contribution >= 4 is 10.8 Å². The van der Waals surface area contributed by atoms with Crippen LogP contribution in [-0.4, -0.2) is 11.0 Å². The predicted octanol–water partition coefficient (Wildman–Crippen LogP) is 3.66. The molecule has 1 saturated carbocycles. The standard InChI is InChI=1S/C16H20N2/c1-2-7-14(8-3-1)18-12-16-15-9-5-4-6-13(15)10-11-17-16/h4-6,9-11,14,18H,1-3,7-8,12H2. The van der Waals surface area contributed by atoms with Gasteiger partial charge >= 0.3 is 0 Å². The van der Waals surface area contributed by atoms with Crippen molar-refractivity contribution < 1.29 is 0 Å². The van der Waals surface area contributed by atoms with Gasteiger partial charge in [0, 0.05) is 24.2 Å². The number of benzene rings is 1. The Bertz CT molecular complexity index is 510. The van der Waals surface area contributed by atoms with Gasteiger partial charge in [-0.3, -0.25) is 4.98 Å². The Morgan fingerprint density at radius 1 is 1.06 bits per heavy atom. The van der Waals surface area contributed by atoms with Crippen LogP contribution in [0.15, 0.2) is 36.5 Å². The van der Waals surface area contributed by atoms with Crippen LogP contribution in [0.1, 0.15) is 37.8 Å². The van der Waals surface area contributed by atoms with Crippen molar-refractivity contribution in [3.63, 3.8) is 0 Å². The molecule has 1 heterocycles. The van der Waals surface area contributed by atoms with Crippen molar-refractivity contribution in [2.45, 2.75) is 44.7 Å². The number of pyridine rings is 1. The molecule has 0 atom stereocenters. The molecule has 3 rings (SSSR count). The van der Waals surface area contributed by atoms with Gasteiger partial charge in [-0.2, -0.15) is 0 Å². The highest BCUT2D eigenvalue weighted by Crippen LogP contribution is 2.19. The quantitative estimate of drug-likeness (QED) is 0.885. The van der Waals surface area contributed by atoms with Crippen molar-refractivity contribution in [2.75, 3.05) is 0 Å². The summed E-state index contributed by atoms with van der Waals surface area (Å²) >= 11 is 0. The smallest absolute Gasteiger partial charge is 0.0619 e. The van der Waals surface area contributed by atoms with Crippen molar-refractivity contribution in [2.24, 2.45) is 0 Å². The van der Waals surface area contributed by atoms with Crippen molar-refractivity contribution in [3.8, 4) is 0 Å². The van der Waals surface area contributed by atoms with Crippen LogP contribution in [0.25, 0.3) is 10.8 Å². The third kappa shape index (κ3) is 2.54. The summed E-state index contributed by atoms with van der Waals surface area (Å²) in [6, 6.07) is 11.3. The molecular weight excluding hydrogens is 220 g/mol. The molecule has 2 heteroatoms. The second-order valence-corrected chi connectivity index (χ2v) is 5.19. The number of hydrogen-bond donors (Lipinski definition) is 1. The Morgan fingerprint density at radius 2 is 1.89 bits per heavy atom. The monoisotopic (exact) mass is 240 g/mol. The number of rotatable bonds is 3. The zero-order valence-electron chi connectivity index (χ0n) is 10.7. The Hall–Kier alpha value is -1.41. The maximum atomic E-state index is 4.53. The summed E-state index contributed by atoms with van der Waals surface area (Å²) < 4.78 is 0. The molecule has 0 bridgehead atoms. The second kappa shape index (κ2) is 5.49. The Labute approximate surface area is 108 Å². The van der Waals surface area contributed by atoms with Crippen LogP contribution < -0.4 is 5.32 Å². The lowest BCUT2D eigenvalue weighted by molar-refractivity contribution is 0.371. The van der Waals surface area contributed by atoms with E-state index in [1.54, 1.807) is 0 Å². The minimum atomic E-state index is 0.694. The SMILES string of the molecule is c1ccc2c(CNC3CCCCC3)nccc2c1. The number of aromatic nitrogens is 1. The van der Waals surface area contributed by atoms with E-state index >= 15 is 0 Å². The second-order valence-electron chi connectivity index (χ2n) is 5.19. The topological polar surface area (TPSA) is 24.9 Å². The third-order valence-corrected chi connectivity index (χ3v) is 3.92. The van der Waals surface area contributed by atoms with E-state index in [2.05, 4.69) is 40.6 Å². The molecule has 1 N–H and O–H groups in total. The largest absolute Gasteiger partial charge is 0.308 e. The van der Waals surface area contributed by atoms with E-state index in [1.807, 2.05) is 6.20 Å². The van der Waals surface area contributed by atoms with Gasteiger partial charge < -0.3 is 5.32 Å². The highest BCUT2D eigenvalue weighted by molar-refractivity contribution is 5.84. The summed E-state index contributed by atoms with van der Waals surface area (Å²) in [4.78, 5) is 4.53. The highest BCUT2D eigenvalue weighted by Gasteiger charge is 2.13. The zero-order valence-corrected chi connectivity index (χ0v) is 10.7. The fraction of sp³-hybridized carbons (Fsp3) is 0.438. The molecule has 0 radical (unpaired) electrons. The lowest BCUT2D eigenvalue weighted by atomic mass is 9.95. The van der Waals surface area contributed by atoms with Gasteiger partial charge in [0.25, 0.3) is 0 Å². The fourth-order valence-electron chi connectivity index (χ4n) is 2.87. The lowest BCUT2D eigenvalue weighted by Gasteiger charge is -2.22. The maximum absolute atomic E-state index is 4.53. The van der Waals surface area contributed by atoms with Crippen molar-refractivity contribution in [1.82, 2.24) is 10.3 Å². The van der Waals surface area contributed by atoms with Crippen LogP contribution in [0.2, 0.25) is 0 Å². The highest BCUT2D eigenvalue weighted by atomic mass is 14.9. The van der Waals surface area contributed by atoms with Gasteiger partial charge in [-0.15, -0.1) is 0 Å². The van der Waals surface area contributed by atoms with Gasteiger partial charge in [0.15, 0.2) is 0 Å². The summed E-state index contributed by atoms with van der Waals surface area (Å²) in [5, 5.41) is 6.23. The van der Waals surface area contributed by atoms with Gasteiger partial charge in [0.05, 0.1) is 5.69 Å². The van der Waals surface area contributed by atoms with E-state index in [4.69, 9.17) is 0 Å². The number of hydrogen-bond acceptors (Lipinski definition) is 2. The normalized spacial score (nSPS) is 17.1. The predicted molar refractivity (Wildman–Crippen MR) is 75.5 cm³/mol. The molecule has 1 aromatic heterocycles.